The molecule has 0 fully saturated rings. The first-order valence-corrected chi connectivity index (χ1v) is 5.53. The molecule has 8 heteroatoms. The third-order valence-corrected chi connectivity index (χ3v) is 2.38. The van der Waals surface area contributed by atoms with E-state index in [0.29, 0.717) is 5.69 Å². The largest absolute Gasteiger partial charge is 0.478 e. The third kappa shape index (κ3) is 3.46. The first kappa shape index (κ1) is 12.9. The Morgan fingerprint density at radius 2 is 1.95 bits per heavy atom. The fraction of sp³-hybridized carbons (Fsp3) is 0. The summed E-state index contributed by atoms with van der Waals surface area (Å²) >= 11 is 5.77. The Kier molecular flexibility index (Phi) is 3.67. The average Bonchev–Trinajstić information content (AvgIpc) is 2.80. The molecular weight excluding hydrogens is 272 g/mol. The second-order valence-corrected chi connectivity index (χ2v) is 4.04. The van der Waals surface area contributed by atoms with E-state index in [0.717, 1.165) is 0 Å². The molecule has 0 aliphatic rings. The number of carboxylic acid groups (broad SMARTS) is 1. The summed E-state index contributed by atoms with van der Waals surface area (Å²) < 4.78 is 0. The van der Waals surface area contributed by atoms with Crippen LogP contribution in [0.15, 0.2) is 30.6 Å². The number of aromatic carboxylic acids is 1. The van der Waals surface area contributed by atoms with Gasteiger partial charge in [-0.25, -0.2) is 9.59 Å². The zero-order valence-corrected chi connectivity index (χ0v) is 10.2. The van der Waals surface area contributed by atoms with Gasteiger partial charge in [-0.2, -0.15) is 5.10 Å². The van der Waals surface area contributed by atoms with Crippen LogP contribution in [0.4, 0.5) is 16.2 Å². The first-order valence-electron chi connectivity index (χ1n) is 5.15. The van der Waals surface area contributed by atoms with E-state index in [-0.39, 0.29) is 16.3 Å². The van der Waals surface area contributed by atoms with Gasteiger partial charge < -0.3 is 15.7 Å². The number of aromatic amines is 1. The van der Waals surface area contributed by atoms with E-state index >= 15 is 0 Å². The van der Waals surface area contributed by atoms with Crippen LogP contribution in [0.25, 0.3) is 0 Å². The summed E-state index contributed by atoms with van der Waals surface area (Å²) in [5.74, 6) is -1.12. The quantitative estimate of drug-likeness (QED) is 0.692. The summed E-state index contributed by atoms with van der Waals surface area (Å²) in [7, 11) is 0. The zero-order valence-electron chi connectivity index (χ0n) is 9.48. The lowest BCUT2D eigenvalue weighted by Crippen LogP contribution is -2.19. The summed E-state index contributed by atoms with van der Waals surface area (Å²) in [6.45, 7) is 0. The lowest BCUT2D eigenvalue weighted by molar-refractivity contribution is 0.0697. The number of anilines is 2. The second-order valence-electron chi connectivity index (χ2n) is 3.60. The molecule has 0 aliphatic heterocycles. The molecule has 0 aliphatic carbocycles. The van der Waals surface area contributed by atoms with Crippen molar-refractivity contribution in [2.45, 2.75) is 0 Å². The van der Waals surface area contributed by atoms with Crippen LogP contribution in [0, 0.1) is 0 Å². The van der Waals surface area contributed by atoms with Crippen LogP contribution >= 0.6 is 11.6 Å². The number of halogens is 1. The van der Waals surface area contributed by atoms with Gasteiger partial charge in [-0.15, -0.1) is 0 Å². The molecule has 0 bridgehead atoms. The molecule has 0 saturated heterocycles. The summed E-state index contributed by atoms with van der Waals surface area (Å²) in [4.78, 5) is 22.5. The van der Waals surface area contributed by atoms with Gasteiger partial charge in [0.2, 0.25) is 0 Å². The number of nitrogens with zero attached hydrogens (tertiary/aromatic N) is 1. The highest BCUT2D eigenvalue weighted by Crippen LogP contribution is 2.19. The van der Waals surface area contributed by atoms with Crippen molar-refractivity contribution in [3.63, 3.8) is 0 Å². The molecule has 0 unspecified atom stereocenters. The highest BCUT2D eigenvalue weighted by Gasteiger charge is 2.09. The standard InChI is InChI=1S/C11H9ClN4O3/c12-7-1-6(10(17)18)2-8(3-7)15-11(19)16-9-4-13-14-5-9/h1-5H,(H,13,14)(H,17,18)(H2,15,16,19). The molecule has 1 aromatic heterocycles. The number of carbonyl (C=O) groups excluding carboxylic acids is 1. The summed E-state index contributed by atoms with van der Waals surface area (Å²) in [5, 5.41) is 20.3. The number of benzene rings is 1. The van der Waals surface area contributed by atoms with Crippen LogP contribution in [-0.2, 0) is 0 Å². The summed E-state index contributed by atoms with van der Waals surface area (Å²) in [6.07, 6.45) is 2.93. The monoisotopic (exact) mass is 280 g/mol. The molecule has 19 heavy (non-hydrogen) atoms. The minimum absolute atomic E-state index is 0.00823. The van der Waals surface area contributed by atoms with Crippen LogP contribution in [0.5, 0.6) is 0 Å². The Hall–Kier alpha value is -2.54. The van der Waals surface area contributed by atoms with Crippen molar-refractivity contribution in [1.29, 1.82) is 0 Å². The van der Waals surface area contributed by atoms with Crippen molar-refractivity contribution in [1.82, 2.24) is 10.2 Å². The molecule has 0 atom stereocenters. The van der Waals surface area contributed by atoms with E-state index in [1.807, 2.05) is 0 Å². The normalized spacial score (nSPS) is 9.95. The van der Waals surface area contributed by atoms with E-state index in [1.165, 1.54) is 30.6 Å². The average molecular weight is 281 g/mol. The Bertz CT molecular complexity index is 612. The van der Waals surface area contributed by atoms with E-state index in [1.54, 1.807) is 0 Å². The van der Waals surface area contributed by atoms with Crippen molar-refractivity contribution in [3.05, 3.63) is 41.2 Å². The number of H-pyrrole nitrogens is 1. The van der Waals surface area contributed by atoms with Crippen molar-refractivity contribution < 1.29 is 14.7 Å². The molecule has 7 nitrogen and oxygen atoms in total. The number of rotatable bonds is 3. The lowest BCUT2D eigenvalue weighted by Gasteiger charge is -2.07. The van der Waals surface area contributed by atoms with Gasteiger partial charge in [0.05, 0.1) is 17.4 Å². The zero-order chi connectivity index (χ0) is 13.8. The van der Waals surface area contributed by atoms with Gasteiger partial charge in [0.1, 0.15) is 0 Å². The molecule has 98 valence electrons. The van der Waals surface area contributed by atoms with Crippen LogP contribution in [0.2, 0.25) is 5.02 Å². The van der Waals surface area contributed by atoms with Crippen LogP contribution in [0.3, 0.4) is 0 Å². The lowest BCUT2D eigenvalue weighted by atomic mass is 10.2. The van der Waals surface area contributed by atoms with Gasteiger partial charge in [0, 0.05) is 16.9 Å². The van der Waals surface area contributed by atoms with Crippen molar-refractivity contribution >= 4 is 35.0 Å². The number of hydrogen-bond acceptors (Lipinski definition) is 3. The SMILES string of the molecule is O=C(Nc1cn[nH]c1)Nc1cc(Cl)cc(C(=O)O)c1. The fourth-order valence-electron chi connectivity index (χ4n) is 1.40. The molecule has 1 heterocycles. The number of hydrogen-bond donors (Lipinski definition) is 4. The molecule has 0 radical (unpaired) electrons. The molecule has 2 aromatic rings. The minimum atomic E-state index is -1.12. The van der Waals surface area contributed by atoms with Gasteiger partial charge in [0.25, 0.3) is 0 Å². The number of nitrogens with one attached hydrogen (secondary N) is 3. The minimum Gasteiger partial charge on any atom is -0.478 e. The van der Waals surface area contributed by atoms with E-state index < -0.39 is 12.0 Å². The van der Waals surface area contributed by atoms with Gasteiger partial charge in [-0.3, -0.25) is 5.10 Å². The molecule has 0 saturated carbocycles. The Morgan fingerprint density at radius 1 is 1.21 bits per heavy atom. The Labute approximate surface area is 112 Å². The Morgan fingerprint density at radius 3 is 2.58 bits per heavy atom. The molecule has 0 spiro atoms. The smallest absolute Gasteiger partial charge is 0.335 e. The van der Waals surface area contributed by atoms with E-state index in [4.69, 9.17) is 16.7 Å². The highest BCUT2D eigenvalue weighted by atomic mass is 35.5. The summed E-state index contributed by atoms with van der Waals surface area (Å²) in [5.41, 5.74) is 0.759. The first-order chi connectivity index (χ1) is 9.04. The predicted octanol–water partition coefficient (Wildman–Crippen LogP) is 2.41. The third-order valence-electron chi connectivity index (χ3n) is 2.16. The number of carboxylic acids is 1. The Balaban J connectivity index is 2.10. The maximum absolute atomic E-state index is 11.6. The van der Waals surface area contributed by atoms with Crippen LogP contribution in [-0.4, -0.2) is 27.3 Å². The van der Waals surface area contributed by atoms with Gasteiger partial charge in [-0.05, 0) is 18.2 Å². The second kappa shape index (κ2) is 5.40. The topological polar surface area (TPSA) is 107 Å². The van der Waals surface area contributed by atoms with Gasteiger partial charge in [0.15, 0.2) is 0 Å². The number of amides is 2. The fourth-order valence-corrected chi connectivity index (χ4v) is 1.63. The molecule has 2 rings (SSSR count). The van der Waals surface area contributed by atoms with E-state index in [9.17, 15) is 9.59 Å². The number of urea groups is 1. The highest BCUT2D eigenvalue weighted by molar-refractivity contribution is 6.31. The van der Waals surface area contributed by atoms with Crippen LogP contribution < -0.4 is 10.6 Å². The number of aromatic nitrogens is 2. The maximum Gasteiger partial charge on any atom is 0.335 e. The van der Waals surface area contributed by atoms with Crippen molar-refractivity contribution in [2.24, 2.45) is 0 Å². The molecular formula is C11H9ClN4O3. The molecule has 1 aromatic carbocycles. The maximum atomic E-state index is 11.6. The molecule has 2 amide bonds. The van der Waals surface area contributed by atoms with Gasteiger partial charge >= 0.3 is 12.0 Å². The number of carbonyl (C=O) groups is 2. The summed E-state index contributed by atoms with van der Waals surface area (Å²) in [6, 6.07) is 3.52. The predicted molar refractivity (Wildman–Crippen MR) is 69.6 cm³/mol. The van der Waals surface area contributed by atoms with Gasteiger partial charge in [-0.1, -0.05) is 11.6 Å². The molecule has 4 N–H and O–H groups in total. The van der Waals surface area contributed by atoms with Crippen molar-refractivity contribution in [2.75, 3.05) is 10.6 Å². The van der Waals surface area contributed by atoms with Crippen LogP contribution in [0.1, 0.15) is 10.4 Å². The van der Waals surface area contributed by atoms with Crippen molar-refractivity contribution in [3.8, 4) is 0 Å². The van der Waals surface area contributed by atoms with E-state index in [2.05, 4.69) is 20.8 Å².